The Morgan fingerprint density at radius 1 is 0.650 bits per heavy atom. The predicted octanol–water partition coefficient (Wildman–Crippen LogP) is 9.00. The van der Waals surface area contributed by atoms with Gasteiger partial charge in [0.15, 0.2) is 0 Å². The standard InChI is InChI=1S/C34H39F3N2O/c1-2-3-4-5-6-7-8-18-25-32(40,34(35,36)37)31-26-39(27-38-31)33(28-19-12-9-13-20-28,29-21-14-10-15-22-29)30-23-16-11-17-24-30/h9-17,19-24,26-27,40H,2-8,18,25H2,1H3. The number of benzene rings is 3. The van der Waals surface area contributed by atoms with Crippen LogP contribution in [0.5, 0.6) is 0 Å². The number of hydrogen-bond acceptors (Lipinski definition) is 2. The summed E-state index contributed by atoms with van der Waals surface area (Å²) in [5, 5.41) is 11.2. The van der Waals surface area contributed by atoms with E-state index in [4.69, 9.17) is 0 Å². The Hall–Kier alpha value is -3.38. The first-order valence-electron chi connectivity index (χ1n) is 14.3. The van der Waals surface area contributed by atoms with Crippen molar-refractivity contribution in [3.05, 3.63) is 126 Å². The number of alkyl halides is 3. The summed E-state index contributed by atoms with van der Waals surface area (Å²) in [5.74, 6) is 0. The lowest BCUT2D eigenvalue weighted by Gasteiger charge is -2.37. The highest BCUT2D eigenvalue weighted by molar-refractivity contribution is 5.50. The SMILES string of the molecule is CCCCCCCCCCC(O)(c1cn(C(c2ccccc2)(c2ccccc2)c2ccccc2)cn1)C(F)(F)F. The third kappa shape index (κ3) is 6.17. The first kappa shape index (κ1) is 29.6. The summed E-state index contributed by atoms with van der Waals surface area (Å²) in [5.41, 5.74) is -1.80. The molecule has 1 unspecified atom stereocenters. The fourth-order valence-electron chi connectivity index (χ4n) is 5.63. The molecule has 40 heavy (non-hydrogen) atoms. The molecule has 0 bridgehead atoms. The summed E-state index contributed by atoms with van der Waals surface area (Å²) in [7, 11) is 0. The Kier molecular flexibility index (Phi) is 9.85. The van der Waals surface area contributed by atoms with Gasteiger partial charge in [0.05, 0.1) is 12.0 Å². The maximum Gasteiger partial charge on any atom is 0.423 e. The molecule has 0 saturated carbocycles. The van der Waals surface area contributed by atoms with E-state index in [0.717, 1.165) is 48.8 Å². The van der Waals surface area contributed by atoms with Crippen molar-refractivity contribution in [2.75, 3.05) is 0 Å². The van der Waals surface area contributed by atoms with E-state index in [-0.39, 0.29) is 12.1 Å². The molecule has 0 radical (unpaired) electrons. The van der Waals surface area contributed by atoms with Crippen molar-refractivity contribution in [3.63, 3.8) is 0 Å². The maximum absolute atomic E-state index is 14.5. The topological polar surface area (TPSA) is 38.0 Å². The third-order valence-electron chi connectivity index (χ3n) is 7.83. The van der Waals surface area contributed by atoms with Gasteiger partial charge in [-0.15, -0.1) is 0 Å². The van der Waals surface area contributed by atoms with E-state index in [2.05, 4.69) is 11.9 Å². The predicted molar refractivity (Wildman–Crippen MR) is 154 cm³/mol. The quantitative estimate of drug-likeness (QED) is 0.126. The minimum atomic E-state index is -4.86. The zero-order chi connectivity index (χ0) is 28.5. The summed E-state index contributed by atoms with van der Waals surface area (Å²) in [6.07, 6.45) is 4.92. The molecule has 0 fully saturated rings. The maximum atomic E-state index is 14.5. The Morgan fingerprint density at radius 2 is 1.07 bits per heavy atom. The number of halogens is 3. The molecule has 1 aromatic heterocycles. The summed E-state index contributed by atoms with van der Waals surface area (Å²) in [4.78, 5) is 4.24. The molecule has 0 aliphatic rings. The van der Waals surface area contributed by atoms with Crippen LogP contribution >= 0.6 is 0 Å². The van der Waals surface area contributed by atoms with Gasteiger partial charge in [0.2, 0.25) is 5.60 Å². The van der Waals surface area contributed by atoms with Gasteiger partial charge in [0, 0.05) is 6.20 Å². The minimum absolute atomic E-state index is 0.276. The van der Waals surface area contributed by atoms with Crippen LogP contribution in [-0.4, -0.2) is 20.8 Å². The van der Waals surface area contributed by atoms with Crippen molar-refractivity contribution in [1.29, 1.82) is 0 Å². The highest BCUT2D eigenvalue weighted by Gasteiger charge is 2.56. The summed E-state index contributed by atoms with van der Waals surface area (Å²) in [6, 6.07) is 29.1. The number of aliphatic hydroxyl groups is 1. The Balaban J connectivity index is 1.73. The average Bonchev–Trinajstić information content (AvgIpc) is 3.47. The van der Waals surface area contributed by atoms with Crippen LogP contribution in [0.1, 0.15) is 87.1 Å². The molecule has 0 amide bonds. The molecular formula is C34H39F3N2O. The van der Waals surface area contributed by atoms with Crippen LogP contribution in [0.3, 0.4) is 0 Å². The molecule has 3 aromatic carbocycles. The van der Waals surface area contributed by atoms with Crippen LogP contribution in [0.25, 0.3) is 0 Å². The number of unbranched alkanes of at least 4 members (excludes halogenated alkanes) is 7. The lowest BCUT2D eigenvalue weighted by atomic mass is 9.76. The second-order valence-electron chi connectivity index (χ2n) is 10.6. The minimum Gasteiger partial charge on any atom is -0.375 e. The highest BCUT2D eigenvalue weighted by atomic mass is 19.4. The van der Waals surface area contributed by atoms with Gasteiger partial charge < -0.3 is 9.67 Å². The van der Waals surface area contributed by atoms with Crippen molar-refractivity contribution in [1.82, 2.24) is 9.55 Å². The van der Waals surface area contributed by atoms with E-state index >= 15 is 0 Å². The molecule has 3 nitrogen and oxygen atoms in total. The van der Waals surface area contributed by atoms with E-state index in [9.17, 15) is 18.3 Å². The number of hydrogen-bond donors (Lipinski definition) is 1. The van der Waals surface area contributed by atoms with Gasteiger partial charge in [-0.3, -0.25) is 0 Å². The van der Waals surface area contributed by atoms with Crippen molar-refractivity contribution in [2.24, 2.45) is 0 Å². The number of rotatable bonds is 14. The Bertz CT molecular complexity index is 1190. The molecule has 1 heterocycles. The summed E-state index contributed by atoms with van der Waals surface area (Å²) >= 11 is 0. The normalized spacial score (nSPS) is 13.7. The van der Waals surface area contributed by atoms with Crippen LogP contribution in [0.4, 0.5) is 13.2 Å². The first-order chi connectivity index (χ1) is 19.3. The third-order valence-corrected chi connectivity index (χ3v) is 7.83. The van der Waals surface area contributed by atoms with Crippen LogP contribution < -0.4 is 0 Å². The van der Waals surface area contributed by atoms with E-state index in [1.807, 2.05) is 91.0 Å². The largest absolute Gasteiger partial charge is 0.423 e. The molecular weight excluding hydrogens is 509 g/mol. The van der Waals surface area contributed by atoms with Gasteiger partial charge >= 0.3 is 6.18 Å². The van der Waals surface area contributed by atoms with E-state index < -0.39 is 23.7 Å². The molecule has 212 valence electrons. The molecule has 0 saturated heterocycles. The smallest absolute Gasteiger partial charge is 0.375 e. The molecule has 1 atom stereocenters. The lowest BCUT2D eigenvalue weighted by molar-refractivity contribution is -0.271. The molecule has 4 rings (SSSR count). The second-order valence-corrected chi connectivity index (χ2v) is 10.6. The number of nitrogens with zero attached hydrogens (tertiary/aromatic N) is 2. The van der Waals surface area contributed by atoms with Crippen molar-refractivity contribution in [2.45, 2.75) is 82.0 Å². The van der Waals surface area contributed by atoms with Crippen molar-refractivity contribution < 1.29 is 18.3 Å². The molecule has 0 aliphatic carbocycles. The molecule has 1 N–H and O–H groups in total. The highest BCUT2D eigenvalue weighted by Crippen LogP contribution is 2.45. The van der Waals surface area contributed by atoms with Crippen LogP contribution in [0.2, 0.25) is 0 Å². The molecule has 6 heteroatoms. The van der Waals surface area contributed by atoms with Gasteiger partial charge in [0.25, 0.3) is 0 Å². The van der Waals surface area contributed by atoms with E-state index in [1.165, 1.54) is 18.9 Å². The number of aromatic nitrogens is 2. The second kappa shape index (κ2) is 13.3. The monoisotopic (exact) mass is 548 g/mol. The Labute approximate surface area is 235 Å². The fourth-order valence-corrected chi connectivity index (χ4v) is 5.63. The zero-order valence-electron chi connectivity index (χ0n) is 23.2. The molecule has 0 spiro atoms. The molecule has 0 aliphatic heterocycles. The summed E-state index contributed by atoms with van der Waals surface area (Å²) in [6.45, 7) is 2.16. The van der Waals surface area contributed by atoms with Crippen LogP contribution in [0.15, 0.2) is 104 Å². The van der Waals surface area contributed by atoms with Crippen LogP contribution in [-0.2, 0) is 11.1 Å². The summed E-state index contributed by atoms with van der Waals surface area (Å²) < 4.78 is 45.2. The average molecular weight is 549 g/mol. The molecule has 4 aromatic rings. The van der Waals surface area contributed by atoms with Gasteiger partial charge in [-0.2, -0.15) is 13.2 Å². The van der Waals surface area contributed by atoms with Gasteiger partial charge in [0.1, 0.15) is 5.54 Å². The van der Waals surface area contributed by atoms with Gasteiger partial charge in [-0.25, -0.2) is 4.98 Å². The van der Waals surface area contributed by atoms with E-state index in [0.29, 0.717) is 6.42 Å². The van der Waals surface area contributed by atoms with Gasteiger partial charge in [-0.1, -0.05) is 143 Å². The zero-order valence-corrected chi connectivity index (χ0v) is 23.2. The van der Waals surface area contributed by atoms with Crippen molar-refractivity contribution >= 4 is 0 Å². The fraction of sp³-hybridized carbons (Fsp3) is 0.382. The van der Waals surface area contributed by atoms with Gasteiger partial charge in [-0.05, 0) is 29.5 Å². The van der Waals surface area contributed by atoms with Crippen LogP contribution in [0, 0.1) is 0 Å². The lowest BCUT2D eigenvalue weighted by Crippen LogP contribution is -2.43. The first-order valence-corrected chi connectivity index (χ1v) is 14.3. The van der Waals surface area contributed by atoms with E-state index in [1.54, 1.807) is 4.57 Å². The number of imidazole rings is 1. The Morgan fingerprint density at radius 3 is 1.50 bits per heavy atom. The van der Waals surface area contributed by atoms with Crippen molar-refractivity contribution in [3.8, 4) is 0 Å².